The number of hydrogen-bond acceptors (Lipinski definition) is 2. The van der Waals surface area contributed by atoms with Crippen LogP contribution in [0.4, 0.5) is 5.69 Å². The first-order chi connectivity index (χ1) is 13.2. The van der Waals surface area contributed by atoms with Crippen molar-refractivity contribution in [2.24, 2.45) is 0 Å². The second-order valence-electron chi connectivity index (χ2n) is 8.27. The molecule has 0 spiro atoms. The van der Waals surface area contributed by atoms with Crippen molar-refractivity contribution in [2.75, 3.05) is 31.5 Å². The maximum absolute atomic E-state index is 3.69. The zero-order valence-corrected chi connectivity index (χ0v) is 17.7. The van der Waals surface area contributed by atoms with E-state index in [1.54, 1.807) is 11.1 Å². The second kappa shape index (κ2) is 10.1. The van der Waals surface area contributed by atoms with Gasteiger partial charge < -0.3 is 10.2 Å². The quantitative estimate of drug-likeness (QED) is 0.527. The van der Waals surface area contributed by atoms with E-state index in [4.69, 9.17) is 0 Å². The number of hydrogen-bond donors (Lipinski definition) is 1. The summed E-state index contributed by atoms with van der Waals surface area (Å²) in [7, 11) is 0. The first kappa shape index (κ1) is 20.2. The molecule has 0 amide bonds. The van der Waals surface area contributed by atoms with Crippen LogP contribution >= 0.6 is 0 Å². The van der Waals surface area contributed by atoms with Gasteiger partial charge in [-0.2, -0.15) is 0 Å². The third kappa shape index (κ3) is 5.25. The van der Waals surface area contributed by atoms with Gasteiger partial charge in [0, 0.05) is 18.8 Å². The zero-order valence-electron chi connectivity index (χ0n) is 17.7. The molecule has 2 aromatic rings. The number of aryl methyl sites for hydroxylation is 3. The van der Waals surface area contributed by atoms with E-state index >= 15 is 0 Å². The Morgan fingerprint density at radius 2 is 1.63 bits per heavy atom. The summed E-state index contributed by atoms with van der Waals surface area (Å²) in [5.41, 5.74) is 5.90. The van der Waals surface area contributed by atoms with Crippen LogP contribution in [0.1, 0.15) is 69.1 Å². The second-order valence-corrected chi connectivity index (χ2v) is 8.27. The van der Waals surface area contributed by atoms with E-state index in [2.05, 4.69) is 55.3 Å². The van der Waals surface area contributed by atoms with Crippen molar-refractivity contribution in [3.05, 3.63) is 41.0 Å². The molecule has 1 aliphatic rings. The Kier molecular flexibility index (Phi) is 7.58. The third-order valence-corrected chi connectivity index (χ3v) is 6.08. The lowest BCUT2D eigenvalue weighted by molar-refractivity contribution is 0.275. The van der Waals surface area contributed by atoms with E-state index in [0.29, 0.717) is 0 Å². The summed E-state index contributed by atoms with van der Waals surface area (Å²) in [5.74, 6) is 0. The Morgan fingerprint density at radius 1 is 0.889 bits per heavy atom. The van der Waals surface area contributed by atoms with Crippen molar-refractivity contribution in [3.8, 4) is 0 Å². The Labute approximate surface area is 166 Å². The fourth-order valence-electron chi connectivity index (χ4n) is 4.44. The summed E-state index contributed by atoms with van der Waals surface area (Å²) in [5, 5.41) is 6.61. The van der Waals surface area contributed by atoms with E-state index < -0.39 is 0 Å². The monoisotopic (exact) mass is 366 g/mol. The van der Waals surface area contributed by atoms with E-state index in [9.17, 15) is 0 Å². The number of unbranched alkanes of at least 4 members (excludes halogenated alkanes) is 2. The molecule has 0 heterocycles. The molecule has 0 fully saturated rings. The average molecular weight is 367 g/mol. The van der Waals surface area contributed by atoms with Crippen LogP contribution in [0.15, 0.2) is 24.3 Å². The molecule has 148 valence electrons. The van der Waals surface area contributed by atoms with Crippen molar-refractivity contribution < 1.29 is 0 Å². The van der Waals surface area contributed by atoms with Gasteiger partial charge in [-0.3, -0.25) is 0 Å². The van der Waals surface area contributed by atoms with Crippen LogP contribution in [0.2, 0.25) is 0 Å². The van der Waals surface area contributed by atoms with Gasteiger partial charge in [0.1, 0.15) is 0 Å². The van der Waals surface area contributed by atoms with Gasteiger partial charge in [0.25, 0.3) is 0 Å². The van der Waals surface area contributed by atoms with Gasteiger partial charge in [-0.05, 0) is 98.1 Å². The number of fused-ring (bicyclic) bond motifs is 3. The molecule has 1 aliphatic carbocycles. The summed E-state index contributed by atoms with van der Waals surface area (Å²) in [6, 6.07) is 9.47. The van der Waals surface area contributed by atoms with Crippen LogP contribution in [0, 0.1) is 6.92 Å². The predicted octanol–water partition coefficient (Wildman–Crippen LogP) is 6.34. The fourth-order valence-corrected chi connectivity index (χ4v) is 4.44. The Bertz CT molecular complexity index is 727. The number of nitrogens with zero attached hydrogens (tertiary/aromatic N) is 1. The van der Waals surface area contributed by atoms with Crippen molar-refractivity contribution in [3.63, 3.8) is 0 Å². The SMILES string of the molecule is CCCCN(CCCC)CCNc1ccc2c3c(cc(C)c2c1)CCCC3. The molecule has 0 saturated heterocycles. The third-order valence-electron chi connectivity index (χ3n) is 6.08. The first-order valence-electron chi connectivity index (χ1n) is 11.2. The largest absolute Gasteiger partial charge is 0.384 e. The van der Waals surface area contributed by atoms with Crippen LogP contribution in [0.3, 0.4) is 0 Å². The summed E-state index contributed by atoms with van der Waals surface area (Å²) >= 11 is 0. The van der Waals surface area contributed by atoms with Gasteiger partial charge in [-0.15, -0.1) is 0 Å². The molecule has 0 saturated carbocycles. The normalized spacial score (nSPS) is 13.9. The molecule has 1 N–H and O–H groups in total. The molecule has 0 unspecified atom stereocenters. The minimum absolute atomic E-state index is 1.03. The van der Waals surface area contributed by atoms with Crippen molar-refractivity contribution in [2.45, 2.75) is 72.1 Å². The molecular weight excluding hydrogens is 328 g/mol. The molecule has 2 aromatic carbocycles. The summed E-state index contributed by atoms with van der Waals surface area (Å²) in [6.45, 7) is 11.5. The van der Waals surface area contributed by atoms with Gasteiger partial charge in [0.2, 0.25) is 0 Å². The van der Waals surface area contributed by atoms with E-state index in [-0.39, 0.29) is 0 Å². The topological polar surface area (TPSA) is 15.3 Å². The van der Waals surface area contributed by atoms with Crippen molar-refractivity contribution in [1.29, 1.82) is 0 Å². The highest BCUT2D eigenvalue weighted by atomic mass is 15.1. The molecule has 3 rings (SSSR count). The molecule has 2 nitrogen and oxygen atoms in total. The highest BCUT2D eigenvalue weighted by Crippen LogP contribution is 2.32. The summed E-state index contributed by atoms with van der Waals surface area (Å²) < 4.78 is 0. The lowest BCUT2D eigenvalue weighted by Gasteiger charge is -2.23. The van der Waals surface area contributed by atoms with Crippen molar-refractivity contribution in [1.82, 2.24) is 4.90 Å². The standard InChI is InChI=1S/C25H38N2/c1-4-6-15-27(16-7-5-2)17-14-26-22-12-13-24-23-11-9-8-10-21(23)18-20(3)25(24)19-22/h12-13,18-19,26H,4-11,14-17H2,1-3H3. The molecule has 0 aliphatic heterocycles. The molecule has 0 radical (unpaired) electrons. The molecule has 0 bridgehead atoms. The van der Waals surface area contributed by atoms with Gasteiger partial charge in [-0.25, -0.2) is 0 Å². The molecule has 0 atom stereocenters. The van der Waals surface area contributed by atoms with Gasteiger partial charge in [-0.1, -0.05) is 38.8 Å². The Balaban J connectivity index is 1.66. The van der Waals surface area contributed by atoms with E-state index in [1.807, 2.05) is 0 Å². The van der Waals surface area contributed by atoms with Crippen LogP contribution in [-0.4, -0.2) is 31.1 Å². The smallest absolute Gasteiger partial charge is 0.0347 e. The fraction of sp³-hybridized carbons (Fsp3) is 0.600. The maximum Gasteiger partial charge on any atom is 0.0347 e. The van der Waals surface area contributed by atoms with Crippen molar-refractivity contribution >= 4 is 16.5 Å². The summed E-state index contributed by atoms with van der Waals surface area (Å²) in [4.78, 5) is 2.63. The van der Waals surface area contributed by atoms with E-state index in [0.717, 1.165) is 13.1 Å². The molecular formula is C25H38N2. The maximum atomic E-state index is 3.69. The Hall–Kier alpha value is -1.54. The molecule has 0 aromatic heterocycles. The minimum atomic E-state index is 1.03. The number of rotatable bonds is 10. The lowest BCUT2D eigenvalue weighted by atomic mass is 9.86. The van der Waals surface area contributed by atoms with Crippen LogP contribution < -0.4 is 5.32 Å². The Morgan fingerprint density at radius 3 is 2.37 bits per heavy atom. The number of anilines is 1. The molecule has 2 heteroatoms. The van der Waals surface area contributed by atoms with Gasteiger partial charge >= 0.3 is 0 Å². The van der Waals surface area contributed by atoms with Crippen LogP contribution in [0.5, 0.6) is 0 Å². The van der Waals surface area contributed by atoms with E-state index in [1.165, 1.54) is 86.5 Å². The average Bonchev–Trinajstić information content (AvgIpc) is 2.70. The van der Waals surface area contributed by atoms with Gasteiger partial charge in [0.05, 0.1) is 0 Å². The highest BCUT2D eigenvalue weighted by molar-refractivity contribution is 5.92. The predicted molar refractivity (Wildman–Crippen MR) is 120 cm³/mol. The molecule has 27 heavy (non-hydrogen) atoms. The van der Waals surface area contributed by atoms with Crippen LogP contribution in [0.25, 0.3) is 10.8 Å². The number of benzene rings is 2. The first-order valence-corrected chi connectivity index (χ1v) is 11.2. The number of nitrogens with one attached hydrogen (secondary N) is 1. The zero-order chi connectivity index (χ0) is 19.1. The highest BCUT2D eigenvalue weighted by Gasteiger charge is 2.14. The lowest BCUT2D eigenvalue weighted by Crippen LogP contribution is -2.31. The van der Waals surface area contributed by atoms with Crippen LogP contribution in [-0.2, 0) is 12.8 Å². The summed E-state index contributed by atoms with van der Waals surface area (Å²) in [6.07, 6.45) is 10.4. The minimum Gasteiger partial charge on any atom is -0.384 e. The van der Waals surface area contributed by atoms with Gasteiger partial charge in [0.15, 0.2) is 0 Å².